The van der Waals surface area contributed by atoms with Gasteiger partial charge in [0.1, 0.15) is 6.04 Å². The highest BCUT2D eigenvalue weighted by atomic mass is 16.2. The summed E-state index contributed by atoms with van der Waals surface area (Å²) >= 11 is 0. The first-order valence-electron chi connectivity index (χ1n) is 7.82. The van der Waals surface area contributed by atoms with Crippen molar-refractivity contribution in [3.8, 4) is 0 Å². The molecular formula is C15H26N2O2. The normalized spacial score (nSPS) is 26.5. The van der Waals surface area contributed by atoms with Crippen molar-refractivity contribution in [3.05, 3.63) is 0 Å². The molecular weight excluding hydrogens is 240 g/mol. The van der Waals surface area contributed by atoms with Gasteiger partial charge in [-0.3, -0.25) is 9.59 Å². The molecule has 0 aromatic rings. The average molecular weight is 266 g/mol. The Morgan fingerprint density at radius 2 is 1.84 bits per heavy atom. The molecule has 1 heterocycles. The zero-order chi connectivity index (χ0) is 13.7. The second-order valence-electron chi connectivity index (χ2n) is 5.79. The largest absolute Gasteiger partial charge is 0.353 e. The third-order valence-corrected chi connectivity index (χ3v) is 4.45. The molecule has 1 aliphatic carbocycles. The zero-order valence-electron chi connectivity index (χ0n) is 12.0. The lowest BCUT2D eigenvalue weighted by molar-refractivity contribution is -0.146. The summed E-state index contributed by atoms with van der Waals surface area (Å²) in [4.78, 5) is 26.4. The van der Waals surface area contributed by atoms with Crippen LogP contribution in [0.5, 0.6) is 0 Å². The van der Waals surface area contributed by atoms with Crippen LogP contribution >= 0.6 is 0 Å². The van der Waals surface area contributed by atoms with E-state index in [9.17, 15) is 9.59 Å². The monoisotopic (exact) mass is 266 g/mol. The van der Waals surface area contributed by atoms with Crippen molar-refractivity contribution >= 4 is 11.8 Å². The van der Waals surface area contributed by atoms with Crippen LogP contribution in [0.3, 0.4) is 0 Å². The fraction of sp³-hybridized carbons (Fsp3) is 0.867. The standard InChI is InChI=1S/C15H26N2O2/c1-2-13-14(18)16-10-11-17(13)15(19)12-8-6-4-3-5-7-9-12/h12-13H,2-11H2,1H3,(H,16,18). The maximum absolute atomic E-state index is 12.7. The Labute approximate surface area is 115 Å². The molecule has 4 heteroatoms. The Hall–Kier alpha value is -1.06. The fourth-order valence-electron chi connectivity index (χ4n) is 3.32. The van der Waals surface area contributed by atoms with Crippen molar-refractivity contribution in [1.29, 1.82) is 0 Å². The second kappa shape index (κ2) is 6.92. The van der Waals surface area contributed by atoms with Gasteiger partial charge in [-0.05, 0) is 19.3 Å². The summed E-state index contributed by atoms with van der Waals surface area (Å²) < 4.78 is 0. The maximum Gasteiger partial charge on any atom is 0.242 e. The highest BCUT2D eigenvalue weighted by Gasteiger charge is 2.34. The molecule has 2 rings (SSSR count). The first-order chi connectivity index (χ1) is 9.24. The average Bonchev–Trinajstić information content (AvgIpc) is 2.37. The van der Waals surface area contributed by atoms with E-state index < -0.39 is 0 Å². The lowest BCUT2D eigenvalue weighted by Crippen LogP contribution is -2.58. The summed E-state index contributed by atoms with van der Waals surface area (Å²) in [7, 11) is 0. The van der Waals surface area contributed by atoms with Crippen LogP contribution in [-0.4, -0.2) is 35.8 Å². The summed E-state index contributed by atoms with van der Waals surface area (Å²) in [5.41, 5.74) is 0. The molecule has 2 amide bonds. The number of hydrogen-bond acceptors (Lipinski definition) is 2. The van der Waals surface area contributed by atoms with Gasteiger partial charge in [-0.1, -0.05) is 39.0 Å². The van der Waals surface area contributed by atoms with Crippen molar-refractivity contribution in [2.45, 2.75) is 64.3 Å². The molecule has 2 aliphatic rings. The van der Waals surface area contributed by atoms with E-state index in [2.05, 4.69) is 5.32 Å². The van der Waals surface area contributed by atoms with Gasteiger partial charge in [0.2, 0.25) is 11.8 Å². The van der Waals surface area contributed by atoms with E-state index >= 15 is 0 Å². The van der Waals surface area contributed by atoms with Crippen LogP contribution in [0.1, 0.15) is 58.3 Å². The van der Waals surface area contributed by atoms with E-state index in [0.29, 0.717) is 19.5 Å². The number of nitrogens with one attached hydrogen (secondary N) is 1. The number of piperazine rings is 1. The van der Waals surface area contributed by atoms with Gasteiger partial charge in [-0.25, -0.2) is 0 Å². The van der Waals surface area contributed by atoms with Gasteiger partial charge >= 0.3 is 0 Å². The molecule has 0 bridgehead atoms. The van der Waals surface area contributed by atoms with Gasteiger partial charge in [0.05, 0.1) is 0 Å². The first kappa shape index (κ1) is 14.4. The highest BCUT2D eigenvalue weighted by molar-refractivity contribution is 5.89. The van der Waals surface area contributed by atoms with Crippen LogP contribution in [0.2, 0.25) is 0 Å². The van der Waals surface area contributed by atoms with Gasteiger partial charge in [0, 0.05) is 19.0 Å². The Bertz CT molecular complexity index is 322. The molecule has 0 radical (unpaired) electrons. The van der Waals surface area contributed by atoms with Gasteiger partial charge in [0.25, 0.3) is 0 Å². The maximum atomic E-state index is 12.7. The quantitative estimate of drug-likeness (QED) is 0.832. The van der Waals surface area contributed by atoms with Crippen molar-refractivity contribution in [2.75, 3.05) is 13.1 Å². The Balaban J connectivity index is 2.01. The minimum atomic E-state index is -0.244. The van der Waals surface area contributed by atoms with Crippen molar-refractivity contribution in [3.63, 3.8) is 0 Å². The molecule has 1 N–H and O–H groups in total. The van der Waals surface area contributed by atoms with Gasteiger partial charge < -0.3 is 10.2 Å². The number of rotatable bonds is 2. The van der Waals surface area contributed by atoms with Crippen molar-refractivity contribution in [1.82, 2.24) is 10.2 Å². The van der Waals surface area contributed by atoms with Crippen LogP contribution in [-0.2, 0) is 9.59 Å². The Morgan fingerprint density at radius 1 is 1.21 bits per heavy atom. The van der Waals surface area contributed by atoms with Crippen molar-refractivity contribution in [2.24, 2.45) is 5.92 Å². The topological polar surface area (TPSA) is 49.4 Å². The zero-order valence-corrected chi connectivity index (χ0v) is 12.0. The van der Waals surface area contributed by atoms with Gasteiger partial charge in [-0.15, -0.1) is 0 Å². The molecule has 0 aromatic heterocycles. The number of carbonyl (C=O) groups excluding carboxylic acids is 2. The molecule has 1 saturated heterocycles. The van der Waals surface area contributed by atoms with E-state index in [1.54, 1.807) is 0 Å². The molecule has 1 unspecified atom stereocenters. The number of amides is 2. The minimum Gasteiger partial charge on any atom is -0.353 e. The molecule has 2 fully saturated rings. The summed E-state index contributed by atoms with van der Waals surface area (Å²) in [6.45, 7) is 3.27. The summed E-state index contributed by atoms with van der Waals surface area (Å²) in [6.07, 6.45) is 8.86. The van der Waals surface area contributed by atoms with E-state index in [1.807, 2.05) is 11.8 Å². The highest BCUT2D eigenvalue weighted by Crippen LogP contribution is 2.25. The Kier molecular flexibility index (Phi) is 5.23. The molecule has 4 nitrogen and oxygen atoms in total. The Morgan fingerprint density at radius 3 is 2.47 bits per heavy atom. The molecule has 1 atom stereocenters. The summed E-state index contributed by atoms with van der Waals surface area (Å²) in [5.74, 6) is 0.400. The molecule has 19 heavy (non-hydrogen) atoms. The fourth-order valence-corrected chi connectivity index (χ4v) is 3.32. The van der Waals surface area contributed by atoms with Gasteiger partial charge in [-0.2, -0.15) is 0 Å². The third-order valence-electron chi connectivity index (χ3n) is 4.45. The van der Waals surface area contributed by atoms with Crippen LogP contribution < -0.4 is 5.32 Å². The van der Waals surface area contributed by atoms with Crippen LogP contribution in [0.15, 0.2) is 0 Å². The summed E-state index contributed by atoms with van der Waals surface area (Å²) in [5, 5.41) is 2.86. The molecule has 1 aliphatic heterocycles. The second-order valence-corrected chi connectivity index (χ2v) is 5.79. The minimum absolute atomic E-state index is 0.0212. The van der Waals surface area contributed by atoms with Crippen LogP contribution in [0, 0.1) is 5.92 Å². The van der Waals surface area contributed by atoms with E-state index in [4.69, 9.17) is 0 Å². The first-order valence-corrected chi connectivity index (χ1v) is 7.82. The van der Waals surface area contributed by atoms with E-state index in [-0.39, 0.29) is 23.8 Å². The third kappa shape index (κ3) is 3.48. The van der Waals surface area contributed by atoms with E-state index in [0.717, 1.165) is 25.7 Å². The number of carbonyl (C=O) groups is 2. The lowest BCUT2D eigenvalue weighted by Gasteiger charge is -2.37. The molecule has 0 spiro atoms. The number of hydrogen-bond donors (Lipinski definition) is 1. The van der Waals surface area contributed by atoms with Crippen molar-refractivity contribution < 1.29 is 9.59 Å². The molecule has 108 valence electrons. The van der Waals surface area contributed by atoms with Crippen LogP contribution in [0.4, 0.5) is 0 Å². The van der Waals surface area contributed by atoms with Gasteiger partial charge in [0.15, 0.2) is 0 Å². The SMILES string of the molecule is CCC1C(=O)NCCN1C(=O)C1CCCCCCC1. The van der Waals surface area contributed by atoms with E-state index in [1.165, 1.54) is 19.3 Å². The lowest BCUT2D eigenvalue weighted by atomic mass is 9.89. The smallest absolute Gasteiger partial charge is 0.242 e. The molecule has 1 saturated carbocycles. The molecule has 0 aromatic carbocycles. The summed E-state index contributed by atoms with van der Waals surface area (Å²) in [6, 6.07) is -0.244. The predicted molar refractivity (Wildman–Crippen MR) is 74.6 cm³/mol. The number of nitrogens with zero attached hydrogens (tertiary/aromatic N) is 1. The van der Waals surface area contributed by atoms with Crippen LogP contribution in [0.25, 0.3) is 0 Å². The predicted octanol–water partition coefficient (Wildman–Crippen LogP) is 2.08.